The molecular formula is C13H21ClN2O3. The van der Waals surface area contributed by atoms with Gasteiger partial charge in [0.25, 0.3) is 0 Å². The van der Waals surface area contributed by atoms with Crippen LogP contribution in [0.1, 0.15) is 37.8 Å². The minimum Gasteiger partial charge on any atom is -0.504 e. The van der Waals surface area contributed by atoms with Crippen LogP contribution in [0.25, 0.3) is 0 Å². The predicted octanol–water partition coefficient (Wildman–Crippen LogP) is 1.87. The van der Waals surface area contributed by atoms with Crippen molar-refractivity contribution in [2.24, 2.45) is 11.5 Å². The summed E-state index contributed by atoms with van der Waals surface area (Å²) < 4.78 is 4.83. The molecule has 0 fully saturated rings. The minimum atomic E-state index is -0.467. The summed E-state index contributed by atoms with van der Waals surface area (Å²) in [5.74, 6) is -0.386. The van der Waals surface area contributed by atoms with Gasteiger partial charge in [-0.05, 0) is 37.1 Å². The zero-order valence-electron chi connectivity index (χ0n) is 11.0. The van der Waals surface area contributed by atoms with Crippen molar-refractivity contribution in [3.8, 4) is 11.5 Å². The summed E-state index contributed by atoms with van der Waals surface area (Å²) in [5, 5.41) is 9.71. The lowest BCUT2D eigenvalue weighted by molar-refractivity contribution is -0.132. The Hall–Kier alpha value is -1.30. The average Bonchev–Trinajstić information content (AvgIpc) is 2.31. The number of rotatable bonds is 6. The molecule has 0 bridgehead atoms. The van der Waals surface area contributed by atoms with Crippen LogP contribution in [0.4, 0.5) is 0 Å². The second-order valence-electron chi connectivity index (χ2n) is 4.21. The summed E-state index contributed by atoms with van der Waals surface area (Å²) in [7, 11) is 0. The van der Waals surface area contributed by atoms with Crippen LogP contribution >= 0.6 is 12.4 Å². The number of hydrogen-bond acceptors (Lipinski definition) is 5. The summed E-state index contributed by atoms with van der Waals surface area (Å²) in [4.78, 5) is 10.8. The first-order valence-electron chi connectivity index (χ1n) is 6.01. The molecule has 0 unspecified atom stereocenters. The van der Waals surface area contributed by atoms with Crippen LogP contribution in [-0.2, 0) is 4.79 Å². The molecule has 0 saturated carbocycles. The Kier molecular flexibility index (Phi) is 8.14. The van der Waals surface area contributed by atoms with Gasteiger partial charge in [0, 0.05) is 13.0 Å². The third-order valence-electron chi connectivity index (χ3n) is 2.63. The van der Waals surface area contributed by atoms with Crippen molar-refractivity contribution in [1.82, 2.24) is 0 Å². The molecule has 5 nitrogen and oxygen atoms in total. The normalized spacial score (nSPS) is 11.5. The molecule has 1 aromatic rings. The van der Waals surface area contributed by atoms with Crippen LogP contribution in [0.3, 0.4) is 0 Å². The number of carbonyl (C=O) groups excluding carboxylic acids is 1. The smallest absolute Gasteiger partial charge is 0.308 e. The van der Waals surface area contributed by atoms with E-state index in [1.54, 1.807) is 12.1 Å². The van der Waals surface area contributed by atoms with Crippen molar-refractivity contribution < 1.29 is 14.6 Å². The molecule has 0 amide bonds. The van der Waals surface area contributed by atoms with Gasteiger partial charge in [-0.15, -0.1) is 12.4 Å². The maximum atomic E-state index is 10.8. The Morgan fingerprint density at radius 3 is 2.63 bits per heavy atom. The topological polar surface area (TPSA) is 98.6 Å². The fraction of sp³-hybridized carbons (Fsp3) is 0.462. The van der Waals surface area contributed by atoms with E-state index in [4.69, 9.17) is 16.2 Å². The third-order valence-corrected chi connectivity index (χ3v) is 2.63. The summed E-state index contributed by atoms with van der Waals surface area (Å²) in [6, 6.07) is 4.69. The molecule has 0 aliphatic rings. The molecule has 1 atom stereocenters. The van der Waals surface area contributed by atoms with Crippen LogP contribution in [0, 0.1) is 0 Å². The number of carbonyl (C=O) groups is 1. The Morgan fingerprint density at radius 1 is 1.42 bits per heavy atom. The zero-order valence-corrected chi connectivity index (χ0v) is 11.8. The minimum absolute atomic E-state index is 0. The van der Waals surface area contributed by atoms with Gasteiger partial charge >= 0.3 is 5.97 Å². The third kappa shape index (κ3) is 5.92. The van der Waals surface area contributed by atoms with Crippen molar-refractivity contribution in [3.05, 3.63) is 23.8 Å². The number of ether oxygens (including phenoxy) is 1. The number of unbranched alkanes of at least 4 members (excludes halogenated alkanes) is 1. The average molecular weight is 289 g/mol. The molecule has 1 aromatic carbocycles. The van der Waals surface area contributed by atoms with E-state index < -0.39 is 5.97 Å². The van der Waals surface area contributed by atoms with Gasteiger partial charge in [-0.25, -0.2) is 0 Å². The van der Waals surface area contributed by atoms with E-state index in [-0.39, 0.29) is 29.9 Å². The second-order valence-corrected chi connectivity index (χ2v) is 4.21. The first kappa shape index (κ1) is 17.7. The van der Waals surface area contributed by atoms with E-state index in [1.807, 2.05) is 0 Å². The molecule has 6 heteroatoms. The Bertz CT molecular complexity index is 413. The van der Waals surface area contributed by atoms with Gasteiger partial charge < -0.3 is 21.3 Å². The highest BCUT2D eigenvalue weighted by Crippen LogP contribution is 2.30. The van der Waals surface area contributed by atoms with E-state index in [0.717, 1.165) is 24.8 Å². The van der Waals surface area contributed by atoms with Crippen molar-refractivity contribution in [1.29, 1.82) is 0 Å². The van der Waals surface area contributed by atoms with Crippen LogP contribution in [0.2, 0.25) is 0 Å². The van der Waals surface area contributed by atoms with Gasteiger partial charge in [-0.2, -0.15) is 0 Å². The van der Waals surface area contributed by atoms with Crippen LogP contribution in [-0.4, -0.2) is 17.6 Å². The first-order chi connectivity index (χ1) is 8.54. The molecule has 0 aromatic heterocycles. The number of phenolic OH excluding ortho intramolecular Hbond substituents is 1. The summed E-state index contributed by atoms with van der Waals surface area (Å²) in [6.07, 6.45) is 2.69. The molecule has 1 rings (SSSR count). The summed E-state index contributed by atoms with van der Waals surface area (Å²) >= 11 is 0. The van der Waals surface area contributed by atoms with E-state index in [2.05, 4.69) is 0 Å². The number of benzene rings is 1. The number of aromatic hydroxyl groups is 1. The first-order valence-corrected chi connectivity index (χ1v) is 6.01. The van der Waals surface area contributed by atoms with Crippen molar-refractivity contribution >= 4 is 18.4 Å². The quantitative estimate of drug-likeness (QED) is 0.422. The van der Waals surface area contributed by atoms with Gasteiger partial charge in [0.2, 0.25) is 0 Å². The number of halogens is 1. The van der Waals surface area contributed by atoms with Crippen molar-refractivity contribution in [2.75, 3.05) is 6.54 Å². The second kappa shape index (κ2) is 8.74. The molecule has 0 saturated heterocycles. The van der Waals surface area contributed by atoms with Gasteiger partial charge in [0.05, 0.1) is 0 Å². The Labute approximate surface area is 119 Å². The SMILES string of the molecule is CC(=O)Oc1ccc([C@H](N)CCCCN)cc1O.Cl. The molecule has 0 heterocycles. The highest BCUT2D eigenvalue weighted by Gasteiger charge is 2.10. The lowest BCUT2D eigenvalue weighted by Gasteiger charge is -2.13. The Morgan fingerprint density at radius 2 is 2.11 bits per heavy atom. The van der Waals surface area contributed by atoms with Gasteiger partial charge in [-0.3, -0.25) is 4.79 Å². The lowest BCUT2D eigenvalue weighted by Crippen LogP contribution is -2.11. The number of phenols is 1. The van der Waals surface area contributed by atoms with Crippen molar-refractivity contribution in [3.63, 3.8) is 0 Å². The van der Waals surface area contributed by atoms with E-state index >= 15 is 0 Å². The van der Waals surface area contributed by atoms with Gasteiger partial charge in [-0.1, -0.05) is 12.5 Å². The van der Waals surface area contributed by atoms with Gasteiger partial charge in [0.1, 0.15) is 0 Å². The molecule has 0 radical (unpaired) electrons. The molecule has 0 aliphatic heterocycles. The number of esters is 1. The maximum Gasteiger partial charge on any atom is 0.308 e. The van der Waals surface area contributed by atoms with Gasteiger partial charge in [0.15, 0.2) is 11.5 Å². The summed E-state index contributed by atoms with van der Waals surface area (Å²) in [6.45, 7) is 1.94. The van der Waals surface area contributed by atoms with E-state index in [0.29, 0.717) is 6.54 Å². The van der Waals surface area contributed by atoms with Crippen LogP contribution in [0.5, 0.6) is 11.5 Å². The lowest BCUT2D eigenvalue weighted by atomic mass is 10.0. The standard InChI is InChI=1S/C13H20N2O3.ClH/c1-9(16)18-13-6-5-10(8-12(13)17)11(15)4-2-3-7-14;/h5-6,8,11,17H,2-4,7,14-15H2,1H3;1H/t11-;/m1./s1. The fourth-order valence-corrected chi connectivity index (χ4v) is 1.68. The predicted molar refractivity (Wildman–Crippen MR) is 76.5 cm³/mol. The van der Waals surface area contributed by atoms with Crippen LogP contribution < -0.4 is 16.2 Å². The number of hydrogen-bond donors (Lipinski definition) is 3. The zero-order chi connectivity index (χ0) is 13.5. The molecular weight excluding hydrogens is 268 g/mol. The molecule has 19 heavy (non-hydrogen) atoms. The highest BCUT2D eigenvalue weighted by molar-refractivity contribution is 5.85. The molecule has 108 valence electrons. The summed E-state index contributed by atoms with van der Waals surface area (Å²) in [5.41, 5.74) is 12.2. The molecule has 0 aliphatic carbocycles. The largest absolute Gasteiger partial charge is 0.504 e. The highest BCUT2D eigenvalue weighted by atomic mass is 35.5. The van der Waals surface area contributed by atoms with Crippen molar-refractivity contribution in [2.45, 2.75) is 32.2 Å². The fourth-order valence-electron chi connectivity index (χ4n) is 1.68. The monoisotopic (exact) mass is 288 g/mol. The number of nitrogens with two attached hydrogens (primary N) is 2. The van der Waals surface area contributed by atoms with Crippen LogP contribution in [0.15, 0.2) is 18.2 Å². The molecule has 0 spiro atoms. The maximum absolute atomic E-state index is 10.8. The van der Waals surface area contributed by atoms with E-state index in [9.17, 15) is 9.90 Å². The van der Waals surface area contributed by atoms with E-state index in [1.165, 1.54) is 13.0 Å². The molecule has 5 N–H and O–H groups in total. The Balaban J connectivity index is 0.00000324.